The molecule has 2 N–H and O–H groups in total. The van der Waals surface area contributed by atoms with Crippen molar-refractivity contribution in [1.29, 1.82) is 0 Å². The van der Waals surface area contributed by atoms with Crippen LogP contribution in [0.5, 0.6) is 0 Å². The van der Waals surface area contributed by atoms with Crippen LogP contribution < -0.4 is 10.6 Å². The van der Waals surface area contributed by atoms with Gasteiger partial charge in [0.1, 0.15) is 6.04 Å². The highest BCUT2D eigenvalue weighted by Gasteiger charge is 2.34. The molecule has 2 aliphatic heterocycles. The van der Waals surface area contributed by atoms with Crippen LogP contribution in [0.1, 0.15) is 41.3 Å². The summed E-state index contributed by atoms with van der Waals surface area (Å²) in [6, 6.07) is 14.9. The van der Waals surface area contributed by atoms with E-state index in [-0.39, 0.29) is 17.9 Å². The van der Waals surface area contributed by atoms with Crippen molar-refractivity contribution in [2.75, 3.05) is 18.5 Å². The van der Waals surface area contributed by atoms with E-state index in [4.69, 9.17) is 16.3 Å². The molecule has 8 nitrogen and oxygen atoms in total. The van der Waals surface area contributed by atoms with Gasteiger partial charge in [-0.1, -0.05) is 54.1 Å². The number of anilines is 1. The third kappa shape index (κ3) is 5.20. The van der Waals surface area contributed by atoms with Gasteiger partial charge in [-0.3, -0.25) is 9.59 Å². The number of hydrogen-bond acceptors (Lipinski definition) is 6. The van der Waals surface area contributed by atoms with E-state index in [0.717, 1.165) is 29.5 Å². The average molecular weight is 506 g/mol. The lowest BCUT2D eigenvalue weighted by Crippen LogP contribution is -2.45. The SMILES string of the molecule is CC(C(=O)NCc1ccccc1)N1Cc2ccc(-c3nc(NC4CCOCC4)ncc3Cl)cc2C1=O. The monoisotopic (exact) mass is 505 g/mol. The Balaban J connectivity index is 1.30. The van der Waals surface area contributed by atoms with Gasteiger partial charge in [-0.2, -0.15) is 0 Å². The fourth-order valence-electron chi connectivity index (χ4n) is 4.52. The standard InChI is InChI=1S/C27H28ClN5O3/c1-17(25(34)29-14-18-5-3-2-4-6-18)33-16-20-8-7-19(13-22(20)26(33)35)24-23(28)15-30-27(32-24)31-21-9-11-36-12-10-21/h2-8,13,15,17,21H,9-12,14,16H2,1H3,(H,29,34)(H,30,31,32). The predicted octanol–water partition coefficient (Wildman–Crippen LogP) is 4.05. The Morgan fingerprint density at radius 3 is 2.75 bits per heavy atom. The van der Waals surface area contributed by atoms with Crippen LogP contribution in [0.15, 0.2) is 54.7 Å². The predicted molar refractivity (Wildman–Crippen MR) is 138 cm³/mol. The fourth-order valence-corrected chi connectivity index (χ4v) is 4.72. The van der Waals surface area contributed by atoms with Crippen LogP contribution in [0.4, 0.5) is 5.95 Å². The maximum atomic E-state index is 13.3. The minimum absolute atomic E-state index is 0.181. The average Bonchev–Trinajstić information content (AvgIpc) is 3.24. The van der Waals surface area contributed by atoms with E-state index < -0.39 is 6.04 Å². The molecule has 0 spiro atoms. The van der Waals surface area contributed by atoms with Gasteiger partial charge in [0, 0.05) is 43.5 Å². The van der Waals surface area contributed by atoms with E-state index >= 15 is 0 Å². The van der Waals surface area contributed by atoms with Crippen molar-refractivity contribution in [3.05, 3.63) is 76.4 Å². The van der Waals surface area contributed by atoms with E-state index in [0.29, 0.717) is 48.5 Å². The molecule has 2 aliphatic rings. The Kier molecular flexibility index (Phi) is 7.16. The van der Waals surface area contributed by atoms with Crippen LogP contribution in [-0.2, 0) is 22.6 Å². The minimum Gasteiger partial charge on any atom is -0.381 e. The summed E-state index contributed by atoms with van der Waals surface area (Å²) >= 11 is 6.45. The van der Waals surface area contributed by atoms with Gasteiger partial charge in [0.05, 0.1) is 16.9 Å². The Hall–Kier alpha value is -3.49. The van der Waals surface area contributed by atoms with Gasteiger partial charge in [0.2, 0.25) is 11.9 Å². The zero-order valence-electron chi connectivity index (χ0n) is 20.0. The number of amides is 2. The molecule has 1 unspecified atom stereocenters. The van der Waals surface area contributed by atoms with Gasteiger partial charge < -0.3 is 20.3 Å². The van der Waals surface area contributed by atoms with Gasteiger partial charge in [0.25, 0.3) is 5.91 Å². The van der Waals surface area contributed by atoms with Crippen molar-refractivity contribution in [1.82, 2.24) is 20.2 Å². The lowest BCUT2D eigenvalue weighted by Gasteiger charge is -2.23. The lowest BCUT2D eigenvalue weighted by molar-refractivity contribution is -0.125. The van der Waals surface area contributed by atoms with Crippen molar-refractivity contribution < 1.29 is 14.3 Å². The Bertz CT molecular complexity index is 1260. The number of fused-ring (bicyclic) bond motifs is 1. The molecule has 0 aliphatic carbocycles. The summed E-state index contributed by atoms with van der Waals surface area (Å²) in [5.41, 5.74) is 3.73. The molecule has 2 aromatic carbocycles. The summed E-state index contributed by atoms with van der Waals surface area (Å²) in [6.07, 6.45) is 3.36. The highest BCUT2D eigenvalue weighted by Crippen LogP contribution is 2.32. The summed E-state index contributed by atoms with van der Waals surface area (Å²) in [5.74, 6) is 0.126. The zero-order chi connectivity index (χ0) is 25.1. The normalized spacial score (nSPS) is 16.5. The highest BCUT2D eigenvalue weighted by molar-refractivity contribution is 6.33. The minimum atomic E-state index is -0.602. The molecule has 3 aromatic rings. The molecule has 1 atom stereocenters. The molecule has 1 fully saturated rings. The van der Waals surface area contributed by atoms with Crippen LogP contribution in [-0.4, -0.2) is 52.0 Å². The summed E-state index contributed by atoms with van der Waals surface area (Å²) in [6.45, 7) is 3.97. The topological polar surface area (TPSA) is 96.5 Å². The molecule has 5 rings (SSSR count). The molecular formula is C27H28ClN5O3. The molecule has 0 bridgehead atoms. The molecule has 36 heavy (non-hydrogen) atoms. The van der Waals surface area contributed by atoms with E-state index in [1.165, 1.54) is 0 Å². The summed E-state index contributed by atoms with van der Waals surface area (Å²) < 4.78 is 5.41. The second-order valence-electron chi connectivity index (χ2n) is 9.11. The van der Waals surface area contributed by atoms with Crippen molar-refractivity contribution in [3.63, 3.8) is 0 Å². The molecule has 1 saturated heterocycles. The number of nitrogens with one attached hydrogen (secondary N) is 2. The molecule has 2 amide bonds. The van der Waals surface area contributed by atoms with Crippen molar-refractivity contribution >= 4 is 29.4 Å². The first kappa shape index (κ1) is 24.2. The number of ether oxygens (including phenoxy) is 1. The summed E-state index contributed by atoms with van der Waals surface area (Å²) in [7, 11) is 0. The molecular weight excluding hydrogens is 478 g/mol. The highest BCUT2D eigenvalue weighted by atomic mass is 35.5. The Labute approximate surface area is 215 Å². The van der Waals surface area contributed by atoms with Crippen molar-refractivity contribution in [2.24, 2.45) is 0 Å². The maximum Gasteiger partial charge on any atom is 0.255 e. The number of carbonyl (C=O) groups excluding carboxylic acids is 2. The molecule has 1 aromatic heterocycles. The van der Waals surface area contributed by atoms with Gasteiger partial charge >= 0.3 is 0 Å². The number of rotatable bonds is 7. The third-order valence-electron chi connectivity index (χ3n) is 6.67. The first-order chi connectivity index (χ1) is 17.5. The van der Waals surface area contributed by atoms with Crippen molar-refractivity contribution in [3.8, 4) is 11.3 Å². The fraction of sp³-hybridized carbons (Fsp3) is 0.333. The summed E-state index contributed by atoms with van der Waals surface area (Å²) in [5, 5.41) is 6.69. The molecule has 3 heterocycles. The lowest BCUT2D eigenvalue weighted by atomic mass is 10.0. The van der Waals surface area contributed by atoms with Crippen LogP contribution in [0.2, 0.25) is 5.02 Å². The largest absolute Gasteiger partial charge is 0.381 e. The number of aromatic nitrogens is 2. The first-order valence-corrected chi connectivity index (χ1v) is 12.5. The van der Waals surface area contributed by atoms with Crippen molar-refractivity contribution in [2.45, 2.75) is 44.9 Å². The quantitative estimate of drug-likeness (QED) is 0.503. The molecule has 0 radical (unpaired) electrons. The smallest absolute Gasteiger partial charge is 0.255 e. The van der Waals surface area contributed by atoms with E-state index in [9.17, 15) is 9.59 Å². The second-order valence-corrected chi connectivity index (χ2v) is 9.51. The van der Waals surface area contributed by atoms with E-state index in [1.54, 1.807) is 24.1 Å². The van der Waals surface area contributed by atoms with Gasteiger partial charge in [-0.05, 0) is 37.0 Å². The van der Waals surface area contributed by atoms with Gasteiger partial charge in [-0.15, -0.1) is 0 Å². The molecule has 186 valence electrons. The van der Waals surface area contributed by atoms with E-state index in [1.807, 2.05) is 42.5 Å². The van der Waals surface area contributed by atoms with Crippen LogP contribution in [0.25, 0.3) is 11.3 Å². The van der Waals surface area contributed by atoms with Gasteiger partial charge in [-0.25, -0.2) is 9.97 Å². The molecule has 9 heteroatoms. The Morgan fingerprint density at radius 2 is 1.97 bits per heavy atom. The summed E-state index contributed by atoms with van der Waals surface area (Å²) in [4.78, 5) is 36.6. The molecule has 0 saturated carbocycles. The van der Waals surface area contributed by atoms with E-state index in [2.05, 4.69) is 20.6 Å². The zero-order valence-corrected chi connectivity index (χ0v) is 20.8. The number of nitrogens with zero attached hydrogens (tertiary/aromatic N) is 3. The van der Waals surface area contributed by atoms with Crippen LogP contribution in [0.3, 0.4) is 0 Å². The third-order valence-corrected chi connectivity index (χ3v) is 6.95. The number of halogens is 1. The van der Waals surface area contributed by atoms with Crippen LogP contribution in [0, 0.1) is 0 Å². The number of carbonyl (C=O) groups is 2. The number of benzene rings is 2. The first-order valence-electron chi connectivity index (χ1n) is 12.1. The number of hydrogen-bond donors (Lipinski definition) is 2. The maximum absolute atomic E-state index is 13.3. The Morgan fingerprint density at radius 1 is 1.19 bits per heavy atom. The van der Waals surface area contributed by atoms with Crippen LogP contribution >= 0.6 is 11.6 Å². The van der Waals surface area contributed by atoms with Gasteiger partial charge in [0.15, 0.2) is 0 Å². The second kappa shape index (κ2) is 10.6.